The van der Waals surface area contributed by atoms with Gasteiger partial charge >= 0.3 is 0 Å². The molecular formula is C18H40O5Si. The fourth-order valence-corrected chi connectivity index (χ4v) is 2.67. The SMILES string of the molecule is CCCCCCCOCCOCCOCCOCCO[Si](C)(C)C. The summed E-state index contributed by atoms with van der Waals surface area (Å²) < 4.78 is 27.6. The third-order valence-corrected chi connectivity index (χ3v) is 4.34. The van der Waals surface area contributed by atoms with Crippen LogP contribution in [-0.4, -0.2) is 67.8 Å². The normalized spacial score (nSPS) is 12.0. The molecule has 0 aromatic heterocycles. The molecule has 0 aromatic rings. The molecule has 0 radical (unpaired) electrons. The van der Waals surface area contributed by atoms with Crippen LogP contribution in [0.3, 0.4) is 0 Å². The van der Waals surface area contributed by atoms with Crippen molar-refractivity contribution in [3.8, 4) is 0 Å². The lowest BCUT2D eigenvalue weighted by Crippen LogP contribution is -2.27. The quantitative estimate of drug-likeness (QED) is 0.257. The van der Waals surface area contributed by atoms with Crippen molar-refractivity contribution in [1.29, 1.82) is 0 Å². The number of rotatable bonds is 19. The average Bonchev–Trinajstić information content (AvgIpc) is 2.52. The van der Waals surface area contributed by atoms with Crippen molar-refractivity contribution in [1.82, 2.24) is 0 Å². The molecule has 0 saturated carbocycles. The van der Waals surface area contributed by atoms with E-state index in [-0.39, 0.29) is 0 Å². The van der Waals surface area contributed by atoms with Gasteiger partial charge in [0.05, 0.1) is 52.9 Å². The van der Waals surface area contributed by atoms with Crippen molar-refractivity contribution in [2.45, 2.75) is 58.7 Å². The van der Waals surface area contributed by atoms with Gasteiger partial charge in [0.2, 0.25) is 0 Å². The van der Waals surface area contributed by atoms with Gasteiger partial charge in [-0.3, -0.25) is 0 Å². The smallest absolute Gasteiger partial charge is 0.183 e. The second-order valence-corrected chi connectivity index (χ2v) is 11.3. The van der Waals surface area contributed by atoms with Crippen molar-refractivity contribution in [2.75, 3.05) is 59.5 Å². The molecule has 0 aliphatic rings. The summed E-state index contributed by atoms with van der Waals surface area (Å²) in [5.74, 6) is 0. The van der Waals surface area contributed by atoms with Crippen LogP contribution in [0, 0.1) is 0 Å². The molecule has 0 fully saturated rings. The molecule has 0 unspecified atom stereocenters. The lowest BCUT2D eigenvalue weighted by molar-refractivity contribution is -0.00511. The van der Waals surface area contributed by atoms with E-state index in [1.807, 2.05) is 0 Å². The van der Waals surface area contributed by atoms with E-state index in [9.17, 15) is 0 Å². The summed E-state index contributed by atoms with van der Waals surface area (Å²) in [6.07, 6.45) is 6.38. The maximum Gasteiger partial charge on any atom is 0.183 e. The van der Waals surface area contributed by atoms with Gasteiger partial charge in [-0.05, 0) is 26.1 Å². The molecule has 0 aliphatic heterocycles. The highest BCUT2D eigenvalue weighted by molar-refractivity contribution is 6.69. The fourth-order valence-electron chi connectivity index (χ4n) is 1.98. The third-order valence-electron chi connectivity index (χ3n) is 3.27. The van der Waals surface area contributed by atoms with Gasteiger partial charge in [0.25, 0.3) is 0 Å². The first-order valence-corrected chi connectivity index (χ1v) is 12.9. The molecule has 5 nitrogen and oxygen atoms in total. The maximum absolute atomic E-state index is 5.69. The number of ether oxygens (including phenoxy) is 4. The van der Waals surface area contributed by atoms with Gasteiger partial charge in [-0.25, -0.2) is 0 Å². The van der Waals surface area contributed by atoms with E-state index in [0.29, 0.717) is 52.9 Å². The van der Waals surface area contributed by atoms with Gasteiger partial charge in [-0.15, -0.1) is 0 Å². The van der Waals surface area contributed by atoms with Crippen molar-refractivity contribution >= 4 is 8.32 Å². The summed E-state index contributed by atoms with van der Waals surface area (Å²) in [6.45, 7) is 14.7. The number of unbranched alkanes of at least 4 members (excludes halogenated alkanes) is 4. The first-order valence-electron chi connectivity index (χ1n) is 9.51. The van der Waals surface area contributed by atoms with E-state index >= 15 is 0 Å². The zero-order chi connectivity index (χ0) is 17.9. The predicted octanol–water partition coefficient (Wildman–Crippen LogP) is 3.87. The van der Waals surface area contributed by atoms with Gasteiger partial charge in [-0.2, -0.15) is 0 Å². The van der Waals surface area contributed by atoms with Crippen molar-refractivity contribution in [3.63, 3.8) is 0 Å². The van der Waals surface area contributed by atoms with Gasteiger partial charge in [0, 0.05) is 6.61 Å². The van der Waals surface area contributed by atoms with Crippen molar-refractivity contribution in [2.24, 2.45) is 0 Å². The van der Waals surface area contributed by atoms with E-state index in [1.165, 1.54) is 25.7 Å². The van der Waals surface area contributed by atoms with E-state index in [2.05, 4.69) is 26.6 Å². The summed E-state index contributed by atoms with van der Waals surface area (Å²) in [5, 5.41) is 0. The molecule has 6 heteroatoms. The Labute approximate surface area is 150 Å². The Kier molecular flexibility index (Phi) is 17.8. The zero-order valence-corrected chi connectivity index (χ0v) is 17.4. The molecule has 146 valence electrons. The molecule has 0 rings (SSSR count). The predicted molar refractivity (Wildman–Crippen MR) is 101 cm³/mol. The van der Waals surface area contributed by atoms with Gasteiger partial charge in [0.1, 0.15) is 0 Å². The van der Waals surface area contributed by atoms with Gasteiger partial charge in [0.15, 0.2) is 8.32 Å². The Morgan fingerprint density at radius 1 is 0.500 bits per heavy atom. The van der Waals surface area contributed by atoms with Crippen molar-refractivity contribution in [3.05, 3.63) is 0 Å². The summed E-state index contributed by atoms with van der Waals surface area (Å²) in [5.41, 5.74) is 0. The minimum atomic E-state index is -1.41. The number of hydrogen-bond acceptors (Lipinski definition) is 5. The minimum absolute atomic E-state index is 0.602. The largest absolute Gasteiger partial charge is 0.415 e. The standard InChI is InChI=1S/C18H40O5Si/c1-5-6-7-8-9-10-19-11-12-20-13-14-21-15-16-22-17-18-23-24(2,3)4/h5-18H2,1-4H3. The van der Waals surface area contributed by atoms with Gasteiger partial charge in [-0.1, -0.05) is 32.6 Å². The van der Waals surface area contributed by atoms with Crippen LogP contribution in [0.5, 0.6) is 0 Å². The highest BCUT2D eigenvalue weighted by Gasteiger charge is 2.12. The fraction of sp³-hybridized carbons (Fsp3) is 1.00. The first-order chi connectivity index (χ1) is 11.6. The Morgan fingerprint density at radius 3 is 1.38 bits per heavy atom. The Morgan fingerprint density at radius 2 is 0.917 bits per heavy atom. The first kappa shape index (κ1) is 24.0. The summed E-state index contributed by atoms with van der Waals surface area (Å²) in [7, 11) is -1.41. The maximum atomic E-state index is 5.69. The highest BCUT2D eigenvalue weighted by Crippen LogP contribution is 2.02. The second kappa shape index (κ2) is 17.8. The van der Waals surface area contributed by atoms with Crippen LogP contribution in [0.15, 0.2) is 0 Å². The van der Waals surface area contributed by atoms with Crippen LogP contribution in [0.25, 0.3) is 0 Å². The Hall–Kier alpha value is 0.0169. The summed E-state index contributed by atoms with van der Waals surface area (Å²) >= 11 is 0. The molecule has 0 saturated heterocycles. The molecule has 0 aromatic carbocycles. The highest BCUT2D eigenvalue weighted by atomic mass is 28.4. The van der Waals surface area contributed by atoms with Gasteiger partial charge < -0.3 is 23.4 Å². The van der Waals surface area contributed by atoms with Crippen LogP contribution in [0.4, 0.5) is 0 Å². The molecule has 0 aliphatic carbocycles. The van der Waals surface area contributed by atoms with E-state index in [4.69, 9.17) is 23.4 Å². The van der Waals surface area contributed by atoms with Crippen molar-refractivity contribution < 1.29 is 23.4 Å². The molecule has 0 bridgehead atoms. The monoisotopic (exact) mass is 364 g/mol. The van der Waals surface area contributed by atoms with Crippen LogP contribution >= 0.6 is 0 Å². The molecule has 24 heavy (non-hydrogen) atoms. The zero-order valence-electron chi connectivity index (χ0n) is 16.4. The second-order valence-electron chi connectivity index (χ2n) is 6.82. The van der Waals surface area contributed by atoms with Crippen LogP contribution in [0.2, 0.25) is 19.6 Å². The summed E-state index contributed by atoms with van der Waals surface area (Å²) in [4.78, 5) is 0. The van der Waals surface area contributed by atoms with Crippen LogP contribution in [0.1, 0.15) is 39.0 Å². The summed E-state index contributed by atoms with van der Waals surface area (Å²) in [6, 6.07) is 0. The minimum Gasteiger partial charge on any atom is -0.415 e. The molecular weight excluding hydrogens is 324 g/mol. The average molecular weight is 365 g/mol. The third kappa shape index (κ3) is 22.0. The molecule has 0 heterocycles. The lowest BCUT2D eigenvalue weighted by Gasteiger charge is -2.16. The molecule has 0 atom stereocenters. The Bertz CT molecular complexity index is 246. The topological polar surface area (TPSA) is 46.2 Å². The van der Waals surface area contributed by atoms with E-state index in [0.717, 1.165) is 13.0 Å². The Balaban J connectivity index is 3.00. The molecule has 0 amide bonds. The lowest BCUT2D eigenvalue weighted by atomic mass is 10.2. The molecule has 0 N–H and O–H groups in total. The molecule has 0 spiro atoms. The van der Waals surface area contributed by atoms with Crippen LogP contribution < -0.4 is 0 Å². The van der Waals surface area contributed by atoms with E-state index in [1.54, 1.807) is 0 Å². The van der Waals surface area contributed by atoms with Crippen LogP contribution in [-0.2, 0) is 23.4 Å². The number of hydrogen-bond donors (Lipinski definition) is 0. The van der Waals surface area contributed by atoms with E-state index < -0.39 is 8.32 Å².